The van der Waals surface area contributed by atoms with E-state index in [4.69, 9.17) is 4.74 Å². The Bertz CT molecular complexity index is 1200. The molecule has 2 unspecified atom stereocenters. The van der Waals surface area contributed by atoms with Crippen molar-refractivity contribution in [2.75, 3.05) is 13.2 Å². The Labute approximate surface area is 462 Å². The number of carbonyl (C=O) groups excluding carboxylic acids is 2. The first-order valence-electron chi connectivity index (χ1n) is 33.3. The van der Waals surface area contributed by atoms with Gasteiger partial charge in [-0.3, -0.25) is 9.59 Å². The average molecular weight is 1040 g/mol. The van der Waals surface area contributed by atoms with Gasteiger partial charge in [-0.05, 0) is 83.5 Å². The lowest BCUT2D eigenvalue weighted by molar-refractivity contribution is -0.143. The third-order valence-electron chi connectivity index (χ3n) is 15.4. The van der Waals surface area contributed by atoms with Gasteiger partial charge in [0.05, 0.1) is 25.4 Å². The second kappa shape index (κ2) is 63.6. The van der Waals surface area contributed by atoms with E-state index in [0.29, 0.717) is 19.4 Å². The van der Waals surface area contributed by atoms with Gasteiger partial charge in [0, 0.05) is 12.8 Å². The number of hydrogen-bond donors (Lipinski definition) is 3. The topological polar surface area (TPSA) is 95.9 Å². The van der Waals surface area contributed by atoms with Gasteiger partial charge in [0.15, 0.2) is 0 Å². The Hall–Kier alpha value is -1.92. The van der Waals surface area contributed by atoms with Crippen LogP contribution >= 0.6 is 0 Å². The monoisotopic (exact) mass is 1040 g/mol. The number of carbonyl (C=O) groups is 2. The molecule has 6 nitrogen and oxygen atoms in total. The predicted octanol–water partition coefficient (Wildman–Crippen LogP) is 21.1. The summed E-state index contributed by atoms with van der Waals surface area (Å²) in [7, 11) is 0. The fourth-order valence-corrected chi connectivity index (χ4v) is 10.3. The molecule has 0 rings (SSSR count). The maximum Gasteiger partial charge on any atom is 0.305 e. The van der Waals surface area contributed by atoms with Gasteiger partial charge in [-0.2, -0.15) is 0 Å². The van der Waals surface area contributed by atoms with Gasteiger partial charge < -0.3 is 20.3 Å². The maximum absolute atomic E-state index is 12.5. The zero-order valence-electron chi connectivity index (χ0n) is 49.8. The molecule has 2 atom stereocenters. The quantitative estimate of drug-likeness (QED) is 0.0320. The van der Waals surface area contributed by atoms with Crippen molar-refractivity contribution in [1.29, 1.82) is 0 Å². The first kappa shape index (κ1) is 72.1. The van der Waals surface area contributed by atoms with Crippen molar-refractivity contribution in [2.45, 2.75) is 373 Å². The molecule has 0 spiro atoms. The second-order valence-corrected chi connectivity index (χ2v) is 22.8. The van der Waals surface area contributed by atoms with E-state index < -0.39 is 12.1 Å². The van der Waals surface area contributed by atoms with Crippen LogP contribution in [0.3, 0.4) is 0 Å². The molecule has 6 heteroatoms. The Morgan fingerprint density at radius 2 is 0.635 bits per heavy atom. The number of rotatable bonds is 62. The van der Waals surface area contributed by atoms with Gasteiger partial charge >= 0.3 is 5.97 Å². The van der Waals surface area contributed by atoms with E-state index in [-0.39, 0.29) is 18.5 Å². The van der Waals surface area contributed by atoms with Gasteiger partial charge in [-0.25, -0.2) is 0 Å². The highest BCUT2D eigenvalue weighted by Crippen LogP contribution is 2.17. The number of aliphatic hydroxyl groups is 2. The van der Waals surface area contributed by atoms with Crippen molar-refractivity contribution in [1.82, 2.24) is 5.32 Å². The third-order valence-corrected chi connectivity index (χ3v) is 15.4. The Morgan fingerprint density at radius 1 is 0.365 bits per heavy atom. The number of amides is 1. The molecule has 0 aromatic carbocycles. The number of esters is 1. The van der Waals surface area contributed by atoms with Crippen molar-refractivity contribution >= 4 is 11.9 Å². The summed E-state index contributed by atoms with van der Waals surface area (Å²) in [5.74, 6) is -0.0798. The summed E-state index contributed by atoms with van der Waals surface area (Å²) >= 11 is 0. The van der Waals surface area contributed by atoms with Crippen molar-refractivity contribution in [3.8, 4) is 0 Å². The Morgan fingerprint density at radius 3 is 0.959 bits per heavy atom. The molecule has 0 saturated carbocycles. The van der Waals surface area contributed by atoms with Crippen LogP contribution < -0.4 is 5.32 Å². The fourth-order valence-electron chi connectivity index (χ4n) is 10.3. The van der Waals surface area contributed by atoms with Gasteiger partial charge in [0.25, 0.3) is 0 Å². The molecule has 436 valence electrons. The minimum atomic E-state index is -0.855. The highest BCUT2D eigenvalue weighted by Gasteiger charge is 2.18. The van der Waals surface area contributed by atoms with Gasteiger partial charge in [0.1, 0.15) is 0 Å². The standard InChI is InChI=1S/C68H129NO5/c1-3-5-7-9-11-13-15-17-19-21-23-24-25-28-32-36-40-44-48-52-56-60-66(71)65(64-70)69-67(72)61-57-53-49-45-41-37-33-29-26-27-31-35-39-43-47-51-55-59-63-74-68(73)62-58-54-50-46-42-38-34-30-22-20-18-16-14-12-10-8-6-4-2/h20,22,29,33,56,60,65-66,70-71H,3-19,21,23-28,30-32,34-55,57-59,61-64H2,1-2H3,(H,69,72)/b22-20-,33-29-,60-56+. The molecule has 0 bridgehead atoms. The van der Waals surface area contributed by atoms with Crippen LogP contribution in [0.4, 0.5) is 0 Å². The van der Waals surface area contributed by atoms with Gasteiger partial charge in [-0.15, -0.1) is 0 Å². The highest BCUT2D eigenvalue weighted by atomic mass is 16.5. The van der Waals surface area contributed by atoms with E-state index in [1.165, 1.54) is 276 Å². The normalized spacial score (nSPS) is 12.8. The molecule has 74 heavy (non-hydrogen) atoms. The molecule has 0 saturated heterocycles. The van der Waals surface area contributed by atoms with Crippen LogP contribution in [0.2, 0.25) is 0 Å². The molecular formula is C68H129NO5. The molecule has 0 fully saturated rings. The first-order valence-corrected chi connectivity index (χ1v) is 33.3. The number of ether oxygens (including phenoxy) is 1. The average Bonchev–Trinajstić information content (AvgIpc) is 3.40. The summed E-state index contributed by atoms with van der Waals surface area (Å²) in [6.07, 6.45) is 80.5. The van der Waals surface area contributed by atoms with Crippen molar-refractivity contribution < 1.29 is 24.5 Å². The summed E-state index contributed by atoms with van der Waals surface area (Å²) in [5, 5.41) is 23.2. The molecule has 0 aliphatic heterocycles. The maximum atomic E-state index is 12.5. The lowest BCUT2D eigenvalue weighted by Gasteiger charge is -2.20. The number of aliphatic hydroxyl groups excluding tert-OH is 2. The fraction of sp³-hybridized carbons (Fsp3) is 0.882. The van der Waals surface area contributed by atoms with Crippen LogP contribution in [0, 0.1) is 0 Å². The molecule has 3 N–H and O–H groups in total. The Balaban J connectivity index is 3.47. The number of nitrogens with one attached hydrogen (secondary N) is 1. The molecule has 1 amide bonds. The molecule has 0 heterocycles. The first-order chi connectivity index (χ1) is 36.5. The van der Waals surface area contributed by atoms with Crippen molar-refractivity contribution in [3.05, 3.63) is 36.5 Å². The molecule has 0 aliphatic rings. The lowest BCUT2D eigenvalue weighted by Crippen LogP contribution is -2.45. The minimum Gasteiger partial charge on any atom is -0.466 e. The number of hydrogen-bond acceptors (Lipinski definition) is 5. The largest absolute Gasteiger partial charge is 0.466 e. The van der Waals surface area contributed by atoms with Crippen LogP contribution in [0.1, 0.15) is 361 Å². The molecule has 0 radical (unpaired) electrons. The zero-order valence-corrected chi connectivity index (χ0v) is 49.8. The van der Waals surface area contributed by atoms with Crippen LogP contribution in [-0.4, -0.2) is 47.4 Å². The summed E-state index contributed by atoms with van der Waals surface area (Å²) in [6.45, 7) is 4.91. The summed E-state index contributed by atoms with van der Waals surface area (Å²) in [5.41, 5.74) is 0. The molecule has 0 aliphatic carbocycles. The molecular weight excluding hydrogens is 911 g/mol. The van der Waals surface area contributed by atoms with E-state index in [2.05, 4.69) is 43.5 Å². The number of unbranched alkanes of at least 4 members (excludes halogenated alkanes) is 47. The van der Waals surface area contributed by atoms with Crippen molar-refractivity contribution in [3.63, 3.8) is 0 Å². The summed E-state index contributed by atoms with van der Waals surface area (Å²) < 4.78 is 5.49. The minimum absolute atomic E-state index is 0.000289. The highest BCUT2D eigenvalue weighted by molar-refractivity contribution is 5.76. The van der Waals surface area contributed by atoms with E-state index in [9.17, 15) is 19.8 Å². The van der Waals surface area contributed by atoms with E-state index in [0.717, 1.165) is 57.8 Å². The van der Waals surface area contributed by atoms with Crippen LogP contribution in [-0.2, 0) is 14.3 Å². The van der Waals surface area contributed by atoms with E-state index >= 15 is 0 Å². The number of allylic oxidation sites excluding steroid dienone is 5. The zero-order chi connectivity index (χ0) is 53.6. The third kappa shape index (κ3) is 59.3. The molecule has 0 aromatic heterocycles. The van der Waals surface area contributed by atoms with Crippen molar-refractivity contribution in [2.24, 2.45) is 0 Å². The summed E-state index contributed by atoms with van der Waals surface area (Å²) in [4.78, 5) is 24.6. The summed E-state index contributed by atoms with van der Waals surface area (Å²) in [6, 6.07) is -0.640. The van der Waals surface area contributed by atoms with Gasteiger partial charge in [0.2, 0.25) is 5.91 Å². The van der Waals surface area contributed by atoms with Crippen LogP contribution in [0.5, 0.6) is 0 Å². The van der Waals surface area contributed by atoms with E-state index in [1.807, 2.05) is 6.08 Å². The van der Waals surface area contributed by atoms with Crippen LogP contribution in [0.25, 0.3) is 0 Å². The lowest BCUT2D eigenvalue weighted by atomic mass is 10.0. The van der Waals surface area contributed by atoms with E-state index in [1.54, 1.807) is 6.08 Å². The molecule has 0 aromatic rings. The predicted molar refractivity (Wildman–Crippen MR) is 324 cm³/mol. The second-order valence-electron chi connectivity index (χ2n) is 22.8. The van der Waals surface area contributed by atoms with Crippen LogP contribution in [0.15, 0.2) is 36.5 Å². The Kier molecular flexibility index (Phi) is 62.0. The van der Waals surface area contributed by atoms with Gasteiger partial charge in [-0.1, -0.05) is 301 Å². The SMILES string of the molecule is CCCCCCCCC/C=C\CCCCCCCCCC(=O)OCCCCCCCCCCC/C=C\CCCCCCCC(=O)NC(CO)C(O)/C=C/CCCCCCCCCCCCCCCCCCCCC. The smallest absolute Gasteiger partial charge is 0.305 e.